The molecule has 0 aliphatic heterocycles. The molecule has 0 unspecified atom stereocenters. The van der Waals surface area contributed by atoms with Gasteiger partial charge in [0.2, 0.25) is 0 Å². The van der Waals surface area contributed by atoms with Gasteiger partial charge < -0.3 is 24.8 Å². The predicted octanol–water partition coefficient (Wildman–Crippen LogP) is -2.63. The molecule has 0 saturated carbocycles. The van der Waals surface area contributed by atoms with Crippen molar-refractivity contribution < 1.29 is 51.0 Å². The molecule has 0 atom stereocenters. The first kappa shape index (κ1) is 34.9. The summed E-state index contributed by atoms with van der Waals surface area (Å²) < 4.78 is 0. The van der Waals surface area contributed by atoms with Crippen LogP contribution in [-0.4, -0.2) is 38.2 Å². The molecular weight excluding hydrogens is 595 g/mol. The molecule has 0 saturated heterocycles. The third-order valence-corrected chi connectivity index (χ3v) is 14.3. The van der Waals surface area contributed by atoms with Crippen molar-refractivity contribution in [2.45, 2.75) is 60.1 Å². The van der Waals surface area contributed by atoms with Gasteiger partial charge in [0.05, 0.1) is 8.07 Å². The Morgan fingerprint density at radius 2 is 1.43 bits per heavy atom. The van der Waals surface area contributed by atoms with E-state index in [4.69, 9.17) is 0 Å². The van der Waals surface area contributed by atoms with Gasteiger partial charge >= 0.3 is 26.2 Å². The van der Waals surface area contributed by atoms with Gasteiger partial charge in [-0.1, -0.05) is 111 Å². The molecule has 0 nitrogen and oxygen atoms in total. The minimum Gasteiger partial charge on any atom is -1.00 e. The molecule has 6 heteroatoms. The first-order chi connectivity index (χ1) is 14.9. The molecule has 35 heavy (non-hydrogen) atoms. The second-order valence-electron chi connectivity index (χ2n) is 11.1. The first-order valence-electron chi connectivity index (χ1n) is 11.9. The SMILES string of the molecule is CC(C)C1(C(C)C)[CH-]C(=[SiH2])c2ccccc21.CC1(C)[C-]=c2ccccc2=C1[Si](C)(C)C=[SiH2].[Cl-].[Cl-].[Zr+4]. The van der Waals surface area contributed by atoms with Crippen LogP contribution in [0.25, 0.3) is 11.3 Å². The zero-order valence-electron chi connectivity index (χ0n) is 22.6. The molecule has 0 spiro atoms. The van der Waals surface area contributed by atoms with E-state index in [2.05, 4.69) is 121 Å². The molecule has 186 valence electrons. The Bertz CT molecular complexity index is 1160. The van der Waals surface area contributed by atoms with Crippen LogP contribution in [0.2, 0.25) is 13.1 Å². The maximum Gasteiger partial charge on any atom is 4.00 e. The average molecular weight is 635 g/mol. The standard InChI is InChI=1S/C15H21Si.C14H19Si2.2ClH.Zr/c1-10(2)15(11(3)4)9-14(16)12-7-5-6-8-13(12)15;1-14(2)9-11-7-5-6-8-12(11)13(14)16(3,4)10-15;;;/h5-11H,16H2,1-4H3;5-8,10H,15H2,1-4H3;2*1H;/q2*-1;;;+4/p-2. The van der Waals surface area contributed by atoms with E-state index in [1.54, 1.807) is 5.20 Å². The summed E-state index contributed by atoms with van der Waals surface area (Å²) >= 11 is 0. The molecule has 0 amide bonds. The smallest absolute Gasteiger partial charge is 1.00 e. The van der Waals surface area contributed by atoms with Gasteiger partial charge in [-0.2, -0.15) is 22.9 Å². The first-order valence-corrected chi connectivity index (χ1v) is 16.5. The van der Waals surface area contributed by atoms with Crippen LogP contribution in [0.15, 0.2) is 48.5 Å². The van der Waals surface area contributed by atoms with E-state index in [-0.39, 0.29) is 61.8 Å². The number of hydrogen-bond acceptors (Lipinski definition) is 0. The number of benzene rings is 2. The van der Waals surface area contributed by atoms with Crippen molar-refractivity contribution in [1.82, 2.24) is 0 Å². The van der Waals surface area contributed by atoms with Crippen molar-refractivity contribution in [2.75, 3.05) is 0 Å². The summed E-state index contributed by atoms with van der Waals surface area (Å²) in [4.78, 5) is 0. The normalized spacial score (nSPS) is 16.3. The van der Waals surface area contributed by atoms with Crippen LogP contribution in [0.1, 0.15) is 52.7 Å². The third kappa shape index (κ3) is 6.49. The van der Waals surface area contributed by atoms with E-state index < -0.39 is 8.07 Å². The Labute approximate surface area is 252 Å². The van der Waals surface area contributed by atoms with E-state index in [0.717, 1.165) is 0 Å². The van der Waals surface area contributed by atoms with Crippen molar-refractivity contribution in [3.05, 3.63) is 76.5 Å². The topological polar surface area (TPSA) is 0 Å². The molecule has 0 N–H and O–H groups in total. The fourth-order valence-electron chi connectivity index (χ4n) is 6.01. The molecule has 0 aromatic heterocycles. The van der Waals surface area contributed by atoms with E-state index in [0.29, 0.717) is 11.8 Å². The van der Waals surface area contributed by atoms with E-state index in [1.807, 2.05) is 19.7 Å². The Kier molecular flexibility index (Phi) is 13.1. The molecule has 2 aromatic carbocycles. The van der Waals surface area contributed by atoms with E-state index >= 15 is 0 Å². The summed E-state index contributed by atoms with van der Waals surface area (Å²) in [6.45, 7) is 18.8. The Hall–Kier alpha value is -0.0962. The summed E-state index contributed by atoms with van der Waals surface area (Å²) in [5.41, 5.74) is 3.35. The van der Waals surface area contributed by atoms with Gasteiger partial charge in [0, 0.05) is 0 Å². The van der Waals surface area contributed by atoms with Crippen LogP contribution in [0, 0.1) is 23.7 Å². The van der Waals surface area contributed by atoms with Crippen LogP contribution >= 0.6 is 0 Å². The van der Waals surface area contributed by atoms with Gasteiger partial charge in [0.15, 0.2) is 0 Å². The van der Waals surface area contributed by atoms with Crippen molar-refractivity contribution in [2.24, 2.45) is 17.3 Å². The summed E-state index contributed by atoms with van der Waals surface area (Å²) in [5, 5.41) is 8.29. The van der Waals surface area contributed by atoms with Crippen LogP contribution in [0.4, 0.5) is 0 Å². The quantitative estimate of drug-likeness (QED) is 0.255. The molecule has 2 aliphatic carbocycles. The Balaban J connectivity index is 0.000000608. The predicted molar refractivity (Wildman–Crippen MR) is 153 cm³/mol. The van der Waals surface area contributed by atoms with Gasteiger partial charge in [-0.3, -0.25) is 0 Å². The zero-order chi connectivity index (χ0) is 23.9. The molecule has 0 heterocycles. The molecule has 4 rings (SSSR count). The average Bonchev–Trinajstić information content (AvgIpc) is 3.19. The maximum atomic E-state index is 3.65. The monoisotopic (exact) mass is 632 g/mol. The van der Waals surface area contributed by atoms with E-state index in [1.165, 1.54) is 26.7 Å². The number of hydrogen-bond donors (Lipinski definition) is 0. The van der Waals surface area contributed by atoms with Crippen molar-refractivity contribution in [3.8, 4) is 0 Å². The van der Waals surface area contributed by atoms with Crippen molar-refractivity contribution in [1.29, 1.82) is 0 Å². The molecule has 2 aromatic rings. The van der Waals surface area contributed by atoms with Gasteiger partial charge in [0.25, 0.3) is 0 Å². The summed E-state index contributed by atoms with van der Waals surface area (Å²) in [6, 6.07) is 17.6. The summed E-state index contributed by atoms with van der Waals surface area (Å²) in [6.07, 6.45) is 6.15. The molecule has 0 bridgehead atoms. The summed E-state index contributed by atoms with van der Waals surface area (Å²) in [5.74, 6) is 1.30. The van der Waals surface area contributed by atoms with Crippen LogP contribution in [0.3, 0.4) is 0 Å². The van der Waals surface area contributed by atoms with Crippen molar-refractivity contribution >= 4 is 49.5 Å². The number of halogens is 2. The fraction of sp³-hybridized carbons (Fsp3) is 0.414. The van der Waals surface area contributed by atoms with Crippen molar-refractivity contribution in [3.63, 3.8) is 0 Å². The van der Waals surface area contributed by atoms with E-state index in [9.17, 15) is 0 Å². The summed E-state index contributed by atoms with van der Waals surface area (Å²) in [7, 11) is 2.64. The molecule has 2 aliphatic rings. The number of rotatable bonds is 4. The van der Waals surface area contributed by atoms with Crippen LogP contribution < -0.4 is 35.3 Å². The fourth-order valence-corrected chi connectivity index (χ4v) is 10.1. The van der Waals surface area contributed by atoms with Gasteiger partial charge in [0.1, 0.15) is 0 Å². The Morgan fingerprint density at radius 3 is 1.97 bits per heavy atom. The zero-order valence-corrected chi connectivity index (χ0v) is 30.4. The second-order valence-corrected chi connectivity index (χ2v) is 17.4. The van der Waals surface area contributed by atoms with Crippen LogP contribution in [0.5, 0.6) is 0 Å². The second kappa shape index (κ2) is 13.1. The number of fused-ring (bicyclic) bond motifs is 2. The molecular formula is C29H40Cl2Si3Zr. The Morgan fingerprint density at radius 1 is 0.914 bits per heavy atom. The van der Waals surface area contributed by atoms with Crippen LogP contribution in [-0.2, 0) is 31.6 Å². The van der Waals surface area contributed by atoms with Gasteiger partial charge in [-0.05, 0) is 9.85 Å². The molecule has 0 fully saturated rings. The third-order valence-electron chi connectivity index (χ3n) is 7.49. The minimum atomic E-state index is -1.39. The largest absolute Gasteiger partial charge is 4.00 e. The minimum absolute atomic E-state index is 0. The van der Waals surface area contributed by atoms with Gasteiger partial charge in [-0.25, -0.2) is 11.6 Å². The van der Waals surface area contributed by atoms with Gasteiger partial charge in [-0.15, -0.1) is 39.5 Å². The molecule has 0 radical (unpaired) electrons. The maximum absolute atomic E-state index is 3.65.